The predicted octanol–water partition coefficient (Wildman–Crippen LogP) is 4.60. The van der Waals surface area contributed by atoms with Gasteiger partial charge in [-0.3, -0.25) is 0 Å². The van der Waals surface area contributed by atoms with Gasteiger partial charge in [0.1, 0.15) is 11.6 Å². The van der Waals surface area contributed by atoms with Crippen LogP contribution in [0.25, 0.3) is 16.7 Å². The van der Waals surface area contributed by atoms with Crippen LogP contribution in [-0.4, -0.2) is 26.7 Å². The Kier molecular flexibility index (Phi) is 4.39. The van der Waals surface area contributed by atoms with Crippen molar-refractivity contribution >= 4 is 28.2 Å². The molecule has 138 valence electrons. The molecule has 6 heteroatoms. The maximum Gasteiger partial charge on any atom is 0.184 e. The second kappa shape index (κ2) is 6.87. The number of ether oxygens (including phenoxy) is 1. The van der Waals surface area contributed by atoms with Crippen LogP contribution in [0.15, 0.2) is 36.4 Å². The number of aromatic nitrogens is 4. The number of rotatable bonds is 5. The summed E-state index contributed by atoms with van der Waals surface area (Å²) in [6.45, 7) is 6.23. The fourth-order valence-electron chi connectivity index (χ4n) is 3.39. The number of methoxy groups -OCH3 is 1. The van der Waals surface area contributed by atoms with E-state index in [1.165, 1.54) is 0 Å². The minimum atomic E-state index is 0.724. The first-order valence-corrected chi connectivity index (χ1v) is 9.16. The van der Waals surface area contributed by atoms with E-state index >= 15 is 0 Å². The number of pyridine rings is 1. The van der Waals surface area contributed by atoms with E-state index in [2.05, 4.69) is 36.3 Å². The Morgan fingerprint density at radius 2 is 1.96 bits per heavy atom. The van der Waals surface area contributed by atoms with Crippen LogP contribution in [-0.2, 0) is 6.42 Å². The summed E-state index contributed by atoms with van der Waals surface area (Å²) < 4.78 is 7.18. The Morgan fingerprint density at radius 1 is 1.11 bits per heavy atom. The lowest BCUT2D eigenvalue weighted by molar-refractivity contribution is 0.415. The van der Waals surface area contributed by atoms with Crippen LogP contribution in [0.5, 0.6) is 5.75 Å². The molecule has 0 saturated carbocycles. The zero-order chi connectivity index (χ0) is 19.0. The van der Waals surface area contributed by atoms with Gasteiger partial charge in [-0.1, -0.05) is 19.4 Å². The number of benzene rings is 1. The molecule has 0 radical (unpaired) electrons. The predicted molar refractivity (Wildman–Crippen MR) is 108 cm³/mol. The summed E-state index contributed by atoms with van der Waals surface area (Å²) in [6, 6.07) is 12.0. The third kappa shape index (κ3) is 3.18. The number of fused-ring (bicyclic) bond motifs is 3. The zero-order valence-electron chi connectivity index (χ0n) is 16.1. The van der Waals surface area contributed by atoms with Crippen LogP contribution in [0.3, 0.4) is 0 Å². The first-order valence-electron chi connectivity index (χ1n) is 9.16. The fourth-order valence-corrected chi connectivity index (χ4v) is 3.39. The van der Waals surface area contributed by atoms with E-state index in [4.69, 9.17) is 14.8 Å². The monoisotopic (exact) mass is 361 g/mol. The summed E-state index contributed by atoms with van der Waals surface area (Å²) in [4.78, 5) is 9.48. The average Bonchev–Trinajstić information content (AvgIpc) is 3.01. The van der Waals surface area contributed by atoms with Gasteiger partial charge < -0.3 is 10.1 Å². The molecule has 4 rings (SSSR count). The molecule has 1 N–H and O–H groups in total. The molecule has 4 aromatic rings. The molecular formula is C21H23N5O. The SMILES string of the molecule is CCCc1cc(Nc2cccc(OC)c2)n2nc3nc(C)cc(C)c3c2n1. The molecule has 27 heavy (non-hydrogen) atoms. The van der Waals surface area contributed by atoms with Gasteiger partial charge in [-0.05, 0) is 44.0 Å². The van der Waals surface area contributed by atoms with Gasteiger partial charge in [0.05, 0.1) is 12.5 Å². The van der Waals surface area contributed by atoms with Crippen molar-refractivity contribution in [3.05, 3.63) is 53.3 Å². The van der Waals surface area contributed by atoms with Gasteiger partial charge in [-0.15, -0.1) is 5.10 Å². The minimum Gasteiger partial charge on any atom is -0.497 e. The van der Waals surface area contributed by atoms with Gasteiger partial charge >= 0.3 is 0 Å². The summed E-state index contributed by atoms with van der Waals surface area (Å²) in [5.41, 5.74) is 5.64. The lowest BCUT2D eigenvalue weighted by Crippen LogP contribution is -2.04. The molecule has 0 bridgehead atoms. The van der Waals surface area contributed by atoms with Crippen LogP contribution in [0.2, 0.25) is 0 Å². The number of hydrogen-bond acceptors (Lipinski definition) is 5. The lowest BCUT2D eigenvalue weighted by Gasteiger charge is -2.11. The molecule has 1 aromatic carbocycles. The minimum absolute atomic E-state index is 0.724. The Bertz CT molecular complexity index is 1130. The molecule has 0 aliphatic heterocycles. The van der Waals surface area contributed by atoms with Crippen molar-refractivity contribution < 1.29 is 4.74 Å². The summed E-state index contributed by atoms with van der Waals surface area (Å²) in [6.07, 6.45) is 1.94. The van der Waals surface area contributed by atoms with Crippen molar-refractivity contribution in [1.29, 1.82) is 0 Å². The number of nitrogens with one attached hydrogen (secondary N) is 1. The maximum absolute atomic E-state index is 5.33. The normalized spacial score (nSPS) is 11.3. The number of aryl methyl sites for hydroxylation is 3. The Morgan fingerprint density at radius 3 is 2.74 bits per heavy atom. The standard InChI is InChI=1S/C21H23N5O/c1-5-7-15-12-18(23-16-8-6-9-17(11-16)27-4)26-21(24-15)19-13(2)10-14(3)22-20(19)25-26/h6,8-12,23H,5,7H2,1-4H3. The average molecular weight is 361 g/mol. The van der Waals surface area contributed by atoms with Crippen molar-refractivity contribution in [3.63, 3.8) is 0 Å². The highest BCUT2D eigenvalue weighted by atomic mass is 16.5. The zero-order valence-corrected chi connectivity index (χ0v) is 16.1. The van der Waals surface area contributed by atoms with Crippen LogP contribution < -0.4 is 10.1 Å². The van der Waals surface area contributed by atoms with E-state index in [-0.39, 0.29) is 0 Å². The summed E-state index contributed by atoms with van der Waals surface area (Å²) in [7, 11) is 1.67. The third-order valence-electron chi connectivity index (χ3n) is 4.57. The molecule has 0 spiro atoms. The highest BCUT2D eigenvalue weighted by Gasteiger charge is 2.15. The Balaban J connectivity index is 1.93. The van der Waals surface area contributed by atoms with E-state index in [0.29, 0.717) is 0 Å². The van der Waals surface area contributed by atoms with E-state index < -0.39 is 0 Å². The second-order valence-electron chi connectivity index (χ2n) is 6.75. The van der Waals surface area contributed by atoms with Crippen LogP contribution in [0, 0.1) is 13.8 Å². The highest BCUT2D eigenvalue weighted by molar-refractivity contribution is 5.93. The molecule has 0 atom stereocenters. The molecule has 0 saturated heterocycles. The number of nitrogens with zero attached hydrogens (tertiary/aromatic N) is 4. The van der Waals surface area contributed by atoms with Gasteiger partial charge in [0.2, 0.25) is 0 Å². The van der Waals surface area contributed by atoms with Gasteiger partial charge in [0.25, 0.3) is 0 Å². The summed E-state index contributed by atoms with van der Waals surface area (Å²) >= 11 is 0. The molecule has 3 aromatic heterocycles. The van der Waals surface area contributed by atoms with Gasteiger partial charge in [0.15, 0.2) is 11.3 Å². The lowest BCUT2D eigenvalue weighted by atomic mass is 10.2. The fraction of sp³-hybridized carbons (Fsp3) is 0.286. The summed E-state index contributed by atoms with van der Waals surface area (Å²) in [5.74, 6) is 1.67. The van der Waals surface area contributed by atoms with Gasteiger partial charge in [-0.25, -0.2) is 9.97 Å². The van der Waals surface area contributed by atoms with E-state index in [0.717, 1.165) is 63.7 Å². The molecule has 0 aliphatic carbocycles. The topological polar surface area (TPSA) is 64.3 Å². The second-order valence-corrected chi connectivity index (χ2v) is 6.75. The van der Waals surface area contributed by atoms with Crippen LogP contribution >= 0.6 is 0 Å². The Labute approximate surface area is 158 Å². The van der Waals surface area contributed by atoms with E-state index in [1.807, 2.05) is 35.7 Å². The van der Waals surface area contributed by atoms with Crippen molar-refractivity contribution in [1.82, 2.24) is 19.6 Å². The van der Waals surface area contributed by atoms with Crippen LogP contribution in [0.1, 0.15) is 30.3 Å². The van der Waals surface area contributed by atoms with Crippen molar-refractivity contribution in [2.45, 2.75) is 33.6 Å². The maximum atomic E-state index is 5.33. The molecule has 3 heterocycles. The van der Waals surface area contributed by atoms with Gasteiger partial charge in [-0.2, -0.15) is 4.52 Å². The molecule has 0 amide bonds. The van der Waals surface area contributed by atoms with E-state index in [1.54, 1.807) is 7.11 Å². The third-order valence-corrected chi connectivity index (χ3v) is 4.57. The van der Waals surface area contributed by atoms with E-state index in [9.17, 15) is 0 Å². The smallest absolute Gasteiger partial charge is 0.184 e. The molecule has 0 aliphatic rings. The Hall–Kier alpha value is -3.15. The molecule has 0 fully saturated rings. The van der Waals surface area contributed by atoms with Crippen molar-refractivity contribution in [2.24, 2.45) is 0 Å². The quantitative estimate of drug-likeness (QED) is 0.563. The first kappa shape index (κ1) is 17.3. The van der Waals surface area contributed by atoms with Crippen molar-refractivity contribution in [3.8, 4) is 5.75 Å². The number of anilines is 2. The van der Waals surface area contributed by atoms with Crippen molar-refractivity contribution in [2.75, 3.05) is 12.4 Å². The van der Waals surface area contributed by atoms with Crippen LogP contribution in [0.4, 0.5) is 11.5 Å². The highest BCUT2D eigenvalue weighted by Crippen LogP contribution is 2.27. The molecule has 0 unspecified atom stereocenters. The summed E-state index contributed by atoms with van der Waals surface area (Å²) in [5, 5.41) is 9.20. The number of hydrogen-bond donors (Lipinski definition) is 1. The molecular weight excluding hydrogens is 338 g/mol. The first-order chi connectivity index (χ1) is 13.1. The van der Waals surface area contributed by atoms with Gasteiger partial charge in [0, 0.05) is 29.2 Å². The molecule has 6 nitrogen and oxygen atoms in total. The largest absolute Gasteiger partial charge is 0.497 e.